The monoisotopic (exact) mass is 270 g/mol. The first-order valence-electron chi connectivity index (χ1n) is 5.61. The molecule has 1 rings (SSSR count). The van der Waals surface area contributed by atoms with Gasteiger partial charge in [-0.1, -0.05) is 12.1 Å². The van der Waals surface area contributed by atoms with Crippen molar-refractivity contribution in [1.82, 2.24) is 9.62 Å². The first-order valence-corrected chi connectivity index (χ1v) is 7.05. The molecule has 0 aliphatic heterocycles. The van der Waals surface area contributed by atoms with Crippen LogP contribution >= 0.6 is 0 Å². The fourth-order valence-electron chi connectivity index (χ4n) is 1.43. The molecule has 0 heterocycles. The Labute approximate surface area is 108 Å². The molecule has 1 N–H and O–H groups in total. The molecule has 0 bridgehead atoms. The second-order valence-electron chi connectivity index (χ2n) is 4.01. The molecule has 6 heteroatoms. The Balaban J connectivity index is 2.94. The standard InChI is InChI=1S/C12H18N2O3S/c1-10(15)11-4-6-12(7-5-11)18(16,17)14(3)9-8-13-2/h4-7,13H,8-9H2,1-3H3. The van der Waals surface area contributed by atoms with Crippen molar-refractivity contribution in [2.75, 3.05) is 27.2 Å². The molecular weight excluding hydrogens is 252 g/mol. The van der Waals surface area contributed by atoms with Crippen molar-refractivity contribution < 1.29 is 13.2 Å². The molecule has 0 amide bonds. The Kier molecular flexibility index (Phi) is 5.01. The van der Waals surface area contributed by atoms with Crippen LogP contribution in [0.1, 0.15) is 17.3 Å². The molecule has 18 heavy (non-hydrogen) atoms. The first-order chi connectivity index (χ1) is 8.39. The van der Waals surface area contributed by atoms with Crippen molar-refractivity contribution in [3.63, 3.8) is 0 Å². The average molecular weight is 270 g/mol. The number of rotatable bonds is 6. The largest absolute Gasteiger partial charge is 0.318 e. The Morgan fingerprint density at radius 1 is 1.28 bits per heavy atom. The molecule has 0 saturated heterocycles. The molecule has 0 spiro atoms. The van der Waals surface area contributed by atoms with Crippen molar-refractivity contribution in [2.24, 2.45) is 0 Å². The summed E-state index contributed by atoms with van der Waals surface area (Å²) in [6.45, 7) is 2.43. The number of nitrogens with zero attached hydrogens (tertiary/aromatic N) is 1. The van der Waals surface area contributed by atoms with E-state index in [1.165, 1.54) is 42.5 Å². The summed E-state index contributed by atoms with van der Waals surface area (Å²) in [5.41, 5.74) is 0.506. The normalized spacial score (nSPS) is 11.8. The van der Waals surface area contributed by atoms with E-state index in [4.69, 9.17) is 0 Å². The lowest BCUT2D eigenvalue weighted by molar-refractivity contribution is 0.101. The van der Waals surface area contributed by atoms with E-state index in [0.29, 0.717) is 18.7 Å². The fraction of sp³-hybridized carbons (Fsp3) is 0.417. The van der Waals surface area contributed by atoms with Gasteiger partial charge in [0.15, 0.2) is 5.78 Å². The Hall–Kier alpha value is -1.24. The number of ketones is 1. The molecular formula is C12H18N2O3S. The summed E-state index contributed by atoms with van der Waals surface area (Å²) in [4.78, 5) is 11.3. The van der Waals surface area contributed by atoms with Gasteiger partial charge in [-0.3, -0.25) is 4.79 Å². The molecule has 5 nitrogen and oxygen atoms in total. The summed E-state index contributed by atoms with van der Waals surface area (Å²) < 4.78 is 25.5. The third-order valence-corrected chi connectivity index (χ3v) is 4.52. The Bertz CT molecular complexity index is 509. The van der Waals surface area contributed by atoms with Gasteiger partial charge in [-0.05, 0) is 26.1 Å². The van der Waals surface area contributed by atoms with Crippen molar-refractivity contribution in [3.05, 3.63) is 29.8 Å². The lowest BCUT2D eigenvalue weighted by atomic mass is 10.2. The van der Waals surface area contributed by atoms with E-state index in [2.05, 4.69) is 5.32 Å². The van der Waals surface area contributed by atoms with Crippen LogP contribution in [0.2, 0.25) is 0 Å². The number of hydrogen-bond donors (Lipinski definition) is 1. The summed E-state index contributed by atoms with van der Waals surface area (Å²) in [5.74, 6) is -0.0810. The smallest absolute Gasteiger partial charge is 0.242 e. The van der Waals surface area contributed by atoms with Crippen LogP contribution in [0.5, 0.6) is 0 Å². The van der Waals surface area contributed by atoms with E-state index in [-0.39, 0.29) is 10.7 Å². The minimum absolute atomic E-state index is 0.0810. The van der Waals surface area contributed by atoms with Crippen molar-refractivity contribution >= 4 is 15.8 Å². The summed E-state index contributed by atoms with van der Waals surface area (Å²) >= 11 is 0. The van der Waals surface area contributed by atoms with Crippen LogP contribution in [0.15, 0.2) is 29.2 Å². The van der Waals surface area contributed by atoms with E-state index in [1.54, 1.807) is 7.05 Å². The average Bonchev–Trinajstić information content (AvgIpc) is 2.35. The lowest BCUT2D eigenvalue weighted by Crippen LogP contribution is -2.32. The Morgan fingerprint density at radius 3 is 2.28 bits per heavy atom. The fourth-order valence-corrected chi connectivity index (χ4v) is 2.60. The first kappa shape index (κ1) is 14.8. The third-order valence-electron chi connectivity index (χ3n) is 2.65. The quantitative estimate of drug-likeness (QED) is 0.774. The highest BCUT2D eigenvalue weighted by Crippen LogP contribution is 2.15. The number of carbonyl (C=O) groups is 1. The lowest BCUT2D eigenvalue weighted by Gasteiger charge is -2.16. The number of nitrogens with one attached hydrogen (secondary N) is 1. The van der Waals surface area contributed by atoms with Gasteiger partial charge in [0.2, 0.25) is 10.0 Å². The van der Waals surface area contributed by atoms with Gasteiger partial charge in [0.25, 0.3) is 0 Å². The minimum Gasteiger partial charge on any atom is -0.318 e. The predicted octanol–water partition coefficient (Wildman–Crippen LogP) is 0.729. The SMILES string of the molecule is CNCCN(C)S(=O)(=O)c1ccc(C(C)=O)cc1. The maximum atomic E-state index is 12.1. The maximum Gasteiger partial charge on any atom is 0.242 e. The van der Waals surface area contributed by atoms with Crippen LogP contribution in [0.4, 0.5) is 0 Å². The molecule has 0 aromatic heterocycles. The molecule has 0 aliphatic rings. The van der Waals surface area contributed by atoms with E-state index in [0.717, 1.165) is 0 Å². The molecule has 0 atom stereocenters. The molecule has 0 unspecified atom stereocenters. The van der Waals surface area contributed by atoms with Crippen molar-refractivity contribution in [1.29, 1.82) is 0 Å². The number of benzene rings is 1. The van der Waals surface area contributed by atoms with Gasteiger partial charge in [-0.25, -0.2) is 8.42 Å². The van der Waals surface area contributed by atoms with Gasteiger partial charge >= 0.3 is 0 Å². The van der Waals surface area contributed by atoms with Gasteiger partial charge in [-0.15, -0.1) is 0 Å². The predicted molar refractivity (Wildman–Crippen MR) is 70.2 cm³/mol. The zero-order chi connectivity index (χ0) is 13.8. The number of likely N-dealkylation sites (N-methyl/N-ethyl adjacent to an activating group) is 2. The third kappa shape index (κ3) is 3.38. The van der Waals surface area contributed by atoms with Crippen LogP contribution in [0.25, 0.3) is 0 Å². The van der Waals surface area contributed by atoms with E-state index >= 15 is 0 Å². The summed E-state index contributed by atoms with van der Waals surface area (Å²) in [6.07, 6.45) is 0. The highest BCUT2D eigenvalue weighted by Gasteiger charge is 2.20. The second-order valence-corrected chi connectivity index (χ2v) is 6.06. The molecule has 0 radical (unpaired) electrons. The number of hydrogen-bond acceptors (Lipinski definition) is 4. The highest BCUT2D eigenvalue weighted by molar-refractivity contribution is 7.89. The highest BCUT2D eigenvalue weighted by atomic mass is 32.2. The molecule has 1 aromatic rings. The molecule has 0 fully saturated rings. The molecule has 1 aromatic carbocycles. The van der Waals surface area contributed by atoms with Gasteiger partial charge in [0, 0.05) is 25.7 Å². The minimum atomic E-state index is -3.47. The van der Waals surface area contributed by atoms with Crippen LogP contribution < -0.4 is 5.32 Å². The van der Waals surface area contributed by atoms with Gasteiger partial charge in [0.05, 0.1) is 4.90 Å². The molecule has 0 saturated carbocycles. The van der Waals surface area contributed by atoms with Crippen molar-refractivity contribution in [2.45, 2.75) is 11.8 Å². The Morgan fingerprint density at radius 2 is 1.83 bits per heavy atom. The van der Waals surface area contributed by atoms with Gasteiger partial charge in [0.1, 0.15) is 0 Å². The number of sulfonamides is 1. The molecule has 0 aliphatic carbocycles. The summed E-state index contributed by atoms with van der Waals surface area (Å²) in [7, 11) is -0.172. The van der Waals surface area contributed by atoms with Crippen molar-refractivity contribution in [3.8, 4) is 0 Å². The zero-order valence-electron chi connectivity index (χ0n) is 10.8. The summed E-state index contributed by atoms with van der Waals surface area (Å²) in [6, 6.07) is 5.98. The van der Waals surface area contributed by atoms with Crippen LogP contribution in [-0.4, -0.2) is 45.7 Å². The maximum absolute atomic E-state index is 12.1. The van der Waals surface area contributed by atoms with Crippen LogP contribution in [-0.2, 0) is 10.0 Å². The zero-order valence-corrected chi connectivity index (χ0v) is 11.6. The van der Waals surface area contributed by atoms with E-state index in [9.17, 15) is 13.2 Å². The van der Waals surface area contributed by atoms with E-state index < -0.39 is 10.0 Å². The number of Topliss-reactive ketones (excluding diaryl/α,β-unsaturated/α-hetero) is 1. The van der Waals surface area contributed by atoms with Crippen LogP contribution in [0.3, 0.4) is 0 Å². The second kappa shape index (κ2) is 6.08. The number of carbonyl (C=O) groups excluding carboxylic acids is 1. The molecule has 100 valence electrons. The van der Waals surface area contributed by atoms with E-state index in [1.807, 2.05) is 0 Å². The summed E-state index contributed by atoms with van der Waals surface area (Å²) in [5, 5.41) is 2.90. The van der Waals surface area contributed by atoms with Crippen LogP contribution in [0, 0.1) is 0 Å². The van der Waals surface area contributed by atoms with Gasteiger partial charge < -0.3 is 5.32 Å². The topological polar surface area (TPSA) is 66.5 Å². The van der Waals surface area contributed by atoms with Gasteiger partial charge in [-0.2, -0.15) is 4.31 Å².